The Labute approximate surface area is 144 Å². The van der Waals surface area contributed by atoms with Crippen LogP contribution in [0.4, 0.5) is 10.2 Å². The lowest BCUT2D eigenvalue weighted by molar-refractivity contribution is 0.367. The van der Waals surface area contributed by atoms with E-state index in [0.29, 0.717) is 27.9 Å². The largest absolute Gasteiger partial charge is 0.383 e. The number of anilines is 1. The molecule has 6 heteroatoms. The fraction of sp³-hybridized carbons (Fsp3) is 0.211. The Bertz CT molecular complexity index is 1110. The molecule has 0 saturated heterocycles. The van der Waals surface area contributed by atoms with Crippen LogP contribution in [0.5, 0.6) is 0 Å². The lowest BCUT2D eigenvalue weighted by Crippen LogP contribution is -2.23. The lowest BCUT2D eigenvalue weighted by atomic mass is 10.0. The molecule has 25 heavy (non-hydrogen) atoms. The lowest BCUT2D eigenvalue weighted by Gasteiger charge is -2.19. The van der Waals surface area contributed by atoms with Gasteiger partial charge in [0.05, 0.1) is 10.9 Å². The van der Waals surface area contributed by atoms with Crippen molar-refractivity contribution < 1.29 is 4.39 Å². The van der Waals surface area contributed by atoms with Crippen molar-refractivity contribution >= 4 is 27.6 Å². The minimum atomic E-state index is -0.285. The fourth-order valence-electron chi connectivity index (χ4n) is 3.10. The zero-order valence-electron chi connectivity index (χ0n) is 14.3. The highest BCUT2D eigenvalue weighted by atomic mass is 19.1. The Balaban J connectivity index is 2.15. The molecule has 0 radical (unpaired) electrons. The number of rotatable bonds is 1. The summed E-state index contributed by atoms with van der Waals surface area (Å²) in [7, 11) is 0. The third-order valence-corrected chi connectivity index (χ3v) is 4.26. The summed E-state index contributed by atoms with van der Waals surface area (Å²) >= 11 is 0. The summed E-state index contributed by atoms with van der Waals surface area (Å²) in [6, 6.07) is 10.5. The molecule has 4 aromatic rings. The first-order chi connectivity index (χ1) is 11.9. The molecule has 0 saturated carbocycles. The molecule has 2 aromatic heterocycles. The first kappa shape index (κ1) is 15.5. The summed E-state index contributed by atoms with van der Waals surface area (Å²) < 4.78 is 16.0. The first-order valence-corrected chi connectivity index (χ1v) is 8.05. The summed E-state index contributed by atoms with van der Waals surface area (Å²) in [6.07, 6.45) is 1.44. The number of fused-ring (bicyclic) bond motifs is 2. The van der Waals surface area contributed by atoms with Crippen molar-refractivity contribution in [2.75, 3.05) is 5.73 Å². The van der Waals surface area contributed by atoms with E-state index in [9.17, 15) is 4.39 Å². The van der Waals surface area contributed by atoms with Crippen molar-refractivity contribution in [1.29, 1.82) is 0 Å². The Morgan fingerprint density at radius 1 is 1.00 bits per heavy atom. The van der Waals surface area contributed by atoms with Gasteiger partial charge in [-0.2, -0.15) is 5.10 Å². The van der Waals surface area contributed by atoms with Crippen molar-refractivity contribution in [2.24, 2.45) is 0 Å². The van der Waals surface area contributed by atoms with E-state index in [1.807, 2.05) is 43.7 Å². The maximum absolute atomic E-state index is 14.2. The normalized spacial score (nSPS) is 12.2. The minimum absolute atomic E-state index is 0.261. The monoisotopic (exact) mass is 335 g/mol. The van der Waals surface area contributed by atoms with Crippen LogP contribution in [-0.2, 0) is 5.54 Å². The van der Waals surface area contributed by atoms with Gasteiger partial charge in [0, 0.05) is 10.9 Å². The number of benzene rings is 2. The number of nitrogens with two attached hydrogens (primary N) is 1. The van der Waals surface area contributed by atoms with Crippen LogP contribution in [0.15, 0.2) is 42.7 Å². The molecular formula is C19H18FN5. The van der Waals surface area contributed by atoms with Gasteiger partial charge in [-0.05, 0) is 38.3 Å². The molecule has 0 fully saturated rings. The first-order valence-electron chi connectivity index (χ1n) is 8.05. The molecule has 0 unspecified atom stereocenters. The van der Waals surface area contributed by atoms with Crippen LogP contribution in [0.2, 0.25) is 0 Å². The number of hydrogen-bond acceptors (Lipinski definition) is 4. The van der Waals surface area contributed by atoms with Crippen molar-refractivity contribution in [2.45, 2.75) is 26.3 Å². The zero-order valence-corrected chi connectivity index (χ0v) is 14.3. The SMILES string of the molecule is CC(C)(C)n1nc(-c2ccc(F)c3ccccc23)c2c(N)ncnc21. The van der Waals surface area contributed by atoms with Crippen LogP contribution in [0.1, 0.15) is 20.8 Å². The van der Waals surface area contributed by atoms with Crippen molar-refractivity contribution in [3.63, 3.8) is 0 Å². The molecule has 2 aromatic carbocycles. The molecule has 126 valence electrons. The van der Waals surface area contributed by atoms with Gasteiger partial charge < -0.3 is 5.73 Å². The number of nitrogen functional groups attached to an aromatic ring is 1. The van der Waals surface area contributed by atoms with Gasteiger partial charge in [0.15, 0.2) is 5.65 Å². The molecule has 4 rings (SSSR count). The molecule has 0 spiro atoms. The van der Waals surface area contributed by atoms with E-state index < -0.39 is 0 Å². The third kappa shape index (κ3) is 2.33. The van der Waals surface area contributed by atoms with E-state index in [2.05, 4.69) is 9.97 Å². The van der Waals surface area contributed by atoms with Gasteiger partial charge in [-0.15, -0.1) is 0 Å². The van der Waals surface area contributed by atoms with E-state index in [0.717, 1.165) is 10.9 Å². The van der Waals surface area contributed by atoms with E-state index in [4.69, 9.17) is 10.8 Å². The van der Waals surface area contributed by atoms with Crippen LogP contribution >= 0.6 is 0 Å². The summed E-state index contributed by atoms with van der Waals surface area (Å²) in [4.78, 5) is 8.51. The summed E-state index contributed by atoms with van der Waals surface area (Å²) in [6.45, 7) is 6.14. The van der Waals surface area contributed by atoms with E-state index in [1.165, 1.54) is 12.4 Å². The highest BCUT2D eigenvalue weighted by Gasteiger charge is 2.24. The molecule has 2 N–H and O–H groups in total. The van der Waals surface area contributed by atoms with Crippen LogP contribution in [-0.4, -0.2) is 19.7 Å². The molecule has 5 nitrogen and oxygen atoms in total. The van der Waals surface area contributed by atoms with Gasteiger partial charge in [-0.25, -0.2) is 19.0 Å². The van der Waals surface area contributed by atoms with Crippen molar-refractivity contribution in [1.82, 2.24) is 19.7 Å². The van der Waals surface area contributed by atoms with Crippen LogP contribution < -0.4 is 5.73 Å². The Kier molecular flexibility index (Phi) is 3.25. The van der Waals surface area contributed by atoms with Crippen molar-refractivity contribution in [3.05, 3.63) is 48.5 Å². The molecule has 2 heterocycles. The van der Waals surface area contributed by atoms with Gasteiger partial charge >= 0.3 is 0 Å². The van der Waals surface area contributed by atoms with Gasteiger partial charge in [-0.1, -0.05) is 24.3 Å². The second-order valence-electron chi connectivity index (χ2n) is 7.03. The van der Waals surface area contributed by atoms with Crippen LogP contribution in [0, 0.1) is 5.82 Å². The zero-order chi connectivity index (χ0) is 17.8. The predicted octanol–water partition coefficient (Wildman–Crippen LogP) is 4.12. The summed E-state index contributed by atoms with van der Waals surface area (Å²) in [5.41, 5.74) is 8.01. The smallest absolute Gasteiger partial charge is 0.164 e. The predicted molar refractivity (Wildman–Crippen MR) is 97.6 cm³/mol. The van der Waals surface area contributed by atoms with Crippen LogP contribution in [0.3, 0.4) is 0 Å². The Morgan fingerprint density at radius 2 is 1.72 bits per heavy atom. The molecule has 0 atom stereocenters. The molecule has 0 amide bonds. The molecule has 0 bridgehead atoms. The number of aromatic nitrogens is 4. The minimum Gasteiger partial charge on any atom is -0.383 e. The topological polar surface area (TPSA) is 69.6 Å². The number of hydrogen-bond donors (Lipinski definition) is 1. The standard InChI is InChI=1S/C19H18FN5/c1-19(2,3)25-18-15(17(21)22-10-23-18)16(24-25)13-8-9-14(20)12-7-5-4-6-11(12)13/h4-10H,1-3H3,(H2,21,22,23). The third-order valence-electron chi connectivity index (χ3n) is 4.26. The van der Waals surface area contributed by atoms with Crippen molar-refractivity contribution in [3.8, 4) is 11.3 Å². The maximum atomic E-state index is 14.2. The highest BCUT2D eigenvalue weighted by Crippen LogP contribution is 2.36. The average Bonchev–Trinajstić information content (AvgIpc) is 2.97. The Morgan fingerprint density at radius 3 is 2.44 bits per heavy atom. The van der Waals surface area contributed by atoms with E-state index in [-0.39, 0.29) is 11.4 Å². The Hall–Kier alpha value is -3.02. The van der Waals surface area contributed by atoms with Crippen LogP contribution in [0.25, 0.3) is 33.1 Å². The fourth-order valence-corrected chi connectivity index (χ4v) is 3.10. The second-order valence-corrected chi connectivity index (χ2v) is 7.03. The maximum Gasteiger partial charge on any atom is 0.164 e. The van der Waals surface area contributed by atoms with E-state index >= 15 is 0 Å². The highest BCUT2D eigenvalue weighted by molar-refractivity contribution is 6.06. The van der Waals surface area contributed by atoms with E-state index in [1.54, 1.807) is 12.1 Å². The molecular weight excluding hydrogens is 317 g/mol. The molecule has 0 aliphatic carbocycles. The quantitative estimate of drug-likeness (QED) is 0.568. The van der Waals surface area contributed by atoms with Gasteiger partial charge in [0.1, 0.15) is 23.7 Å². The summed E-state index contributed by atoms with van der Waals surface area (Å²) in [5, 5.41) is 6.81. The number of halogens is 1. The molecule has 0 aliphatic rings. The average molecular weight is 335 g/mol. The van der Waals surface area contributed by atoms with Gasteiger partial charge in [0.25, 0.3) is 0 Å². The second kappa shape index (κ2) is 5.24. The molecule has 0 aliphatic heterocycles. The van der Waals surface area contributed by atoms with Gasteiger partial charge in [0.2, 0.25) is 0 Å². The van der Waals surface area contributed by atoms with Gasteiger partial charge in [-0.3, -0.25) is 0 Å². The summed E-state index contributed by atoms with van der Waals surface area (Å²) in [5.74, 6) is 0.104. The number of nitrogens with zero attached hydrogens (tertiary/aromatic N) is 4.